The summed E-state index contributed by atoms with van der Waals surface area (Å²) in [5.74, 6) is 1.16. The first-order chi connectivity index (χ1) is 8.63. The number of hydrogen-bond acceptors (Lipinski definition) is 3. The number of allylic oxidation sites excluding steroid dienone is 2. The fourth-order valence-electron chi connectivity index (χ4n) is 2.36. The van der Waals surface area contributed by atoms with E-state index in [4.69, 9.17) is 0 Å². The Morgan fingerprint density at radius 1 is 1.61 bits per heavy atom. The summed E-state index contributed by atoms with van der Waals surface area (Å²) in [6.45, 7) is 2.20. The first-order valence-corrected chi connectivity index (χ1v) is 7.09. The lowest BCUT2D eigenvalue weighted by molar-refractivity contribution is -0.385. The van der Waals surface area contributed by atoms with Crippen LogP contribution in [-0.4, -0.2) is 15.2 Å². The smallest absolute Gasteiger partial charge is 0.258 e. The molecular weight excluding hydrogens is 296 g/mol. The lowest BCUT2D eigenvalue weighted by atomic mass is 9.80. The topological polar surface area (TPSA) is 56.0 Å². The molecule has 1 heterocycles. The van der Waals surface area contributed by atoms with Crippen LogP contribution in [0.15, 0.2) is 24.5 Å². The second-order valence-corrected chi connectivity index (χ2v) is 5.36. The molecule has 1 aliphatic rings. The van der Waals surface area contributed by atoms with Crippen molar-refractivity contribution in [3.8, 4) is 0 Å². The van der Waals surface area contributed by atoms with Gasteiger partial charge in [-0.3, -0.25) is 15.1 Å². The Hall–Kier alpha value is -1.23. The lowest BCUT2D eigenvalue weighted by Crippen LogP contribution is -2.17. The Bertz CT molecular complexity index is 488. The minimum atomic E-state index is -0.357. The molecule has 1 aliphatic carbocycles. The van der Waals surface area contributed by atoms with Gasteiger partial charge in [-0.15, -0.1) is 0 Å². The van der Waals surface area contributed by atoms with Crippen LogP contribution < -0.4 is 0 Å². The monoisotopic (exact) mass is 310 g/mol. The minimum absolute atomic E-state index is 0.105. The van der Waals surface area contributed by atoms with Gasteiger partial charge in [-0.05, 0) is 36.3 Å². The van der Waals surface area contributed by atoms with Gasteiger partial charge < -0.3 is 0 Å². The first-order valence-electron chi connectivity index (χ1n) is 5.97. The Labute approximate surface area is 114 Å². The molecule has 0 saturated heterocycles. The van der Waals surface area contributed by atoms with Crippen molar-refractivity contribution in [2.24, 2.45) is 11.8 Å². The van der Waals surface area contributed by atoms with E-state index in [0.29, 0.717) is 11.8 Å². The second kappa shape index (κ2) is 5.61. The lowest BCUT2D eigenvalue weighted by Gasteiger charge is -2.27. The van der Waals surface area contributed by atoms with Gasteiger partial charge in [-0.1, -0.05) is 28.9 Å². The number of hydrogen-bond donors (Lipinski definition) is 0. The van der Waals surface area contributed by atoms with E-state index in [1.807, 2.05) is 0 Å². The van der Waals surface area contributed by atoms with Gasteiger partial charge in [0.05, 0.1) is 10.5 Å². The number of aromatic nitrogens is 1. The van der Waals surface area contributed by atoms with Crippen LogP contribution in [0.25, 0.3) is 5.57 Å². The van der Waals surface area contributed by atoms with Gasteiger partial charge in [0.15, 0.2) is 0 Å². The summed E-state index contributed by atoms with van der Waals surface area (Å²) in [6, 6.07) is 1.74. The summed E-state index contributed by atoms with van der Waals surface area (Å²) in [5, 5.41) is 12.0. The number of pyridine rings is 1. The fraction of sp³-hybridized carbons (Fsp3) is 0.462. The summed E-state index contributed by atoms with van der Waals surface area (Å²) >= 11 is 3.52. The maximum absolute atomic E-state index is 11.0. The number of alkyl halides is 1. The molecular formula is C13H15BrN2O2. The predicted octanol–water partition coefficient (Wildman–Crippen LogP) is 3.81. The highest BCUT2D eigenvalue weighted by molar-refractivity contribution is 9.09. The molecule has 0 fully saturated rings. The van der Waals surface area contributed by atoms with E-state index in [9.17, 15) is 10.1 Å². The Kier molecular flexibility index (Phi) is 4.11. The molecule has 96 valence electrons. The first kappa shape index (κ1) is 13.2. The molecule has 1 aromatic rings. The maximum atomic E-state index is 11.0. The van der Waals surface area contributed by atoms with Crippen molar-refractivity contribution in [2.45, 2.75) is 19.8 Å². The molecule has 0 N–H and O–H groups in total. The van der Waals surface area contributed by atoms with Crippen LogP contribution in [0.4, 0.5) is 5.69 Å². The summed E-state index contributed by atoms with van der Waals surface area (Å²) in [5.41, 5.74) is 1.90. The van der Waals surface area contributed by atoms with Crippen LogP contribution in [-0.2, 0) is 0 Å². The third kappa shape index (κ3) is 2.61. The molecule has 2 atom stereocenters. The number of nitro groups is 1. The van der Waals surface area contributed by atoms with Gasteiger partial charge in [0.25, 0.3) is 5.69 Å². The quantitative estimate of drug-likeness (QED) is 0.484. The molecule has 0 saturated carbocycles. The van der Waals surface area contributed by atoms with E-state index in [-0.39, 0.29) is 10.6 Å². The molecule has 4 nitrogen and oxygen atoms in total. The molecule has 1 aromatic heterocycles. The number of halogens is 1. The standard InChI is InChI=1S/C13H15BrN2O2/c1-9-6-10(2-3-11(9)7-14)12-4-5-15-8-13(12)16(17)18/h2,4-5,8-9,11H,3,6-7H2,1H3. The molecule has 5 heteroatoms. The summed E-state index contributed by atoms with van der Waals surface area (Å²) < 4.78 is 0. The number of rotatable bonds is 3. The highest BCUT2D eigenvalue weighted by atomic mass is 79.9. The Morgan fingerprint density at radius 3 is 3.00 bits per heavy atom. The van der Waals surface area contributed by atoms with E-state index in [1.54, 1.807) is 12.3 Å². The van der Waals surface area contributed by atoms with E-state index in [0.717, 1.165) is 29.3 Å². The molecule has 0 spiro atoms. The van der Waals surface area contributed by atoms with Crippen molar-refractivity contribution in [3.05, 3.63) is 40.2 Å². The van der Waals surface area contributed by atoms with Gasteiger partial charge in [0.1, 0.15) is 6.20 Å². The maximum Gasteiger partial charge on any atom is 0.294 e. The minimum Gasteiger partial charge on any atom is -0.258 e. The van der Waals surface area contributed by atoms with Gasteiger partial charge in [-0.25, -0.2) is 0 Å². The van der Waals surface area contributed by atoms with Crippen LogP contribution in [0.2, 0.25) is 0 Å². The third-order valence-electron chi connectivity index (χ3n) is 3.55. The average molecular weight is 311 g/mol. The molecule has 0 aromatic carbocycles. The van der Waals surface area contributed by atoms with Crippen molar-refractivity contribution in [2.75, 3.05) is 5.33 Å². The second-order valence-electron chi connectivity index (χ2n) is 4.71. The predicted molar refractivity (Wildman–Crippen MR) is 74.6 cm³/mol. The highest BCUT2D eigenvalue weighted by Gasteiger charge is 2.25. The Morgan fingerprint density at radius 2 is 2.39 bits per heavy atom. The van der Waals surface area contributed by atoms with Crippen molar-refractivity contribution in [1.82, 2.24) is 4.98 Å². The molecule has 0 aliphatic heterocycles. The van der Waals surface area contributed by atoms with Crippen LogP contribution in [0, 0.1) is 22.0 Å². The molecule has 2 unspecified atom stereocenters. The van der Waals surface area contributed by atoms with Crippen LogP contribution in [0.1, 0.15) is 25.3 Å². The van der Waals surface area contributed by atoms with Crippen molar-refractivity contribution < 1.29 is 4.92 Å². The van der Waals surface area contributed by atoms with Crippen molar-refractivity contribution in [1.29, 1.82) is 0 Å². The largest absolute Gasteiger partial charge is 0.294 e. The summed E-state index contributed by atoms with van der Waals surface area (Å²) in [4.78, 5) is 14.5. The van der Waals surface area contributed by atoms with Gasteiger partial charge >= 0.3 is 0 Å². The average Bonchev–Trinajstić information content (AvgIpc) is 2.38. The van der Waals surface area contributed by atoms with E-state index < -0.39 is 0 Å². The van der Waals surface area contributed by atoms with Crippen molar-refractivity contribution >= 4 is 27.2 Å². The zero-order chi connectivity index (χ0) is 13.1. The van der Waals surface area contributed by atoms with Crippen LogP contribution in [0.5, 0.6) is 0 Å². The summed E-state index contributed by atoms with van der Waals surface area (Å²) in [6.07, 6.45) is 6.94. The van der Waals surface area contributed by atoms with E-state index >= 15 is 0 Å². The molecule has 0 amide bonds. The van der Waals surface area contributed by atoms with E-state index in [1.165, 1.54) is 6.20 Å². The SMILES string of the molecule is CC1CC(c2ccncc2[N+](=O)[O-])=CCC1CBr. The molecule has 0 radical (unpaired) electrons. The normalized spacial score (nSPS) is 23.6. The van der Waals surface area contributed by atoms with Crippen molar-refractivity contribution in [3.63, 3.8) is 0 Å². The van der Waals surface area contributed by atoms with Gasteiger partial charge in [0, 0.05) is 11.5 Å². The molecule has 0 bridgehead atoms. The zero-order valence-electron chi connectivity index (χ0n) is 10.2. The zero-order valence-corrected chi connectivity index (χ0v) is 11.8. The number of nitrogens with zero attached hydrogens (tertiary/aromatic N) is 2. The van der Waals surface area contributed by atoms with Gasteiger partial charge in [-0.2, -0.15) is 0 Å². The summed E-state index contributed by atoms with van der Waals surface area (Å²) in [7, 11) is 0. The van der Waals surface area contributed by atoms with Crippen LogP contribution >= 0.6 is 15.9 Å². The molecule has 2 rings (SSSR count). The Balaban J connectivity index is 2.33. The van der Waals surface area contributed by atoms with Crippen LogP contribution in [0.3, 0.4) is 0 Å². The van der Waals surface area contributed by atoms with Gasteiger partial charge in [0.2, 0.25) is 0 Å². The third-order valence-corrected chi connectivity index (χ3v) is 4.39. The molecule has 18 heavy (non-hydrogen) atoms. The van der Waals surface area contributed by atoms with E-state index in [2.05, 4.69) is 33.9 Å². The highest BCUT2D eigenvalue weighted by Crippen LogP contribution is 2.37. The fourth-order valence-corrected chi connectivity index (χ4v) is 3.26.